The summed E-state index contributed by atoms with van der Waals surface area (Å²) in [5.41, 5.74) is 3.41. The van der Waals surface area contributed by atoms with Crippen LogP contribution in [0.15, 0.2) is 93.9 Å². The summed E-state index contributed by atoms with van der Waals surface area (Å²) in [4.78, 5) is 26.9. The standard InChI is InChI=1S/C29H26FNO5/c1-17-26(29(33)36-16-18-8-10-22(34-2)11-9-18)27(19-5-3-6-21(30)13-19)28-23(31-17)14-20(15-24(28)32)25-7-4-12-35-25/h3-13,20,27,31H,14-16H2,1-2H3/t20-,27-/m1/s1. The molecule has 0 spiro atoms. The first-order valence-corrected chi connectivity index (χ1v) is 11.8. The molecule has 2 aliphatic rings. The third-order valence-electron chi connectivity index (χ3n) is 6.70. The Hall–Kier alpha value is -4.13. The van der Waals surface area contributed by atoms with E-state index in [2.05, 4.69) is 5.32 Å². The van der Waals surface area contributed by atoms with Crippen molar-refractivity contribution in [3.63, 3.8) is 0 Å². The number of carbonyl (C=O) groups excluding carboxylic acids is 2. The lowest BCUT2D eigenvalue weighted by molar-refractivity contribution is -0.140. The lowest BCUT2D eigenvalue weighted by atomic mass is 9.72. The zero-order valence-electron chi connectivity index (χ0n) is 20.0. The van der Waals surface area contributed by atoms with Gasteiger partial charge in [-0.05, 0) is 60.9 Å². The van der Waals surface area contributed by atoms with E-state index < -0.39 is 17.7 Å². The van der Waals surface area contributed by atoms with Gasteiger partial charge in [0.05, 0.1) is 18.9 Å². The Bertz CT molecular complexity index is 1350. The minimum absolute atomic E-state index is 0.0515. The molecule has 2 aromatic carbocycles. The molecule has 1 aliphatic carbocycles. The van der Waals surface area contributed by atoms with E-state index in [9.17, 15) is 14.0 Å². The fourth-order valence-electron chi connectivity index (χ4n) is 5.00. The van der Waals surface area contributed by atoms with Crippen LogP contribution >= 0.6 is 0 Å². The molecule has 7 heteroatoms. The van der Waals surface area contributed by atoms with Crippen molar-refractivity contribution in [1.29, 1.82) is 0 Å². The fourth-order valence-corrected chi connectivity index (χ4v) is 5.00. The molecular formula is C29H26FNO5. The summed E-state index contributed by atoms with van der Waals surface area (Å²) in [5, 5.41) is 3.28. The van der Waals surface area contributed by atoms with Crippen molar-refractivity contribution >= 4 is 11.8 Å². The van der Waals surface area contributed by atoms with Gasteiger partial charge in [0.15, 0.2) is 5.78 Å². The molecule has 1 aliphatic heterocycles. The Morgan fingerprint density at radius 1 is 1.11 bits per heavy atom. The second-order valence-electron chi connectivity index (χ2n) is 9.01. The Kier molecular flexibility index (Phi) is 6.46. The van der Waals surface area contributed by atoms with Gasteiger partial charge in [-0.2, -0.15) is 0 Å². The van der Waals surface area contributed by atoms with E-state index in [1.165, 1.54) is 12.1 Å². The molecule has 0 radical (unpaired) electrons. The van der Waals surface area contributed by atoms with Crippen LogP contribution < -0.4 is 10.1 Å². The predicted molar refractivity (Wildman–Crippen MR) is 130 cm³/mol. The zero-order chi connectivity index (χ0) is 25.2. The number of Topliss-reactive ketones (excluding diaryl/α,β-unsaturated/α-hetero) is 1. The third-order valence-corrected chi connectivity index (χ3v) is 6.70. The van der Waals surface area contributed by atoms with Crippen molar-refractivity contribution in [2.24, 2.45) is 0 Å². The number of esters is 1. The van der Waals surface area contributed by atoms with Gasteiger partial charge < -0.3 is 19.2 Å². The number of hydrogen-bond acceptors (Lipinski definition) is 6. The number of benzene rings is 2. The first-order valence-electron chi connectivity index (χ1n) is 11.8. The van der Waals surface area contributed by atoms with E-state index in [4.69, 9.17) is 13.9 Å². The molecule has 6 nitrogen and oxygen atoms in total. The average Bonchev–Trinajstić information content (AvgIpc) is 3.42. The van der Waals surface area contributed by atoms with E-state index >= 15 is 0 Å². The second-order valence-corrected chi connectivity index (χ2v) is 9.01. The molecule has 1 N–H and O–H groups in total. The summed E-state index contributed by atoms with van der Waals surface area (Å²) in [7, 11) is 1.58. The van der Waals surface area contributed by atoms with Crippen molar-refractivity contribution in [3.8, 4) is 5.75 Å². The Balaban J connectivity index is 1.48. The van der Waals surface area contributed by atoms with Crippen LogP contribution in [0.25, 0.3) is 0 Å². The Morgan fingerprint density at radius 3 is 2.61 bits per heavy atom. The van der Waals surface area contributed by atoms with E-state index in [1.807, 2.05) is 18.2 Å². The van der Waals surface area contributed by atoms with E-state index in [-0.39, 0.29) is 24.7 Å². The topological polar surface area (TPSA) is 77.8 Å². The van der Waals surface area contributed by atoms with Gasteiger partial charge in [0, 0.05) is 35.2 Å². The summed E-state index contributed by atoms with van der Waals surface area (Å²) >= 11 is 0. The fraction of sp³-hybridized carbons (Fsp3) is 0.241. The van der Waals surface area contributed by atoms with Crippen LogP contribution in [0.1, 0.15) is 48.5 Å². The Labute approximate surface area is 208 Å². The molecule has 184 valence electrons. The van der Waals surface area contributed by atoms with E-state index in [1.54, 1.807) is 50.6 Å². The molecule has 0 fully saturated rings. The molecule has 36 heavy (non-hydrogen) atoms. The molecule has 1 aromatic heterocycles. The number of methoxy groups -OCH3 is 1. The second kappa shape index (κ2) is 9.85. The first-order chi connectivity index (χ1) is 17.4. The van der Waals surface area contributed by atoms with Crippen LogP contribution in [-0.2, 0) is 20.9 Å². The van der Waals surface area contributed by atoms with Crippen LogP contribution in [0.5, 0.6) is 5.75 Å². The van der Waals surface area contributed by atoms with Crippen LogP contribution in [-0.4, -0.2) is 18.9 Å². The first kappa shape index (κ1) is 23.6. The molecule has 5 rings (SSSR count). The average molecular weight is 488 g/mol. The molecule has 0 bridgehead atoms. The number of rotatable bonds is 6. The highest BCUT2D eigenvalue weighted by Gasteiger charge is 2.42. The molecule has 0 saturated heterocycles. The molecule has 3 aromatic rings. The van der Waals surface area contributed by atoms with Crippen LogP contribution in [0.4, 0.5) is 4.39 Å². The number of dihydropyridines is 1. The summed E-state index contributed by atoms with van der Waals surface area (Å²) < 4.78 is 30.7. The molecule has 2 heterocycles. The van der Waals surface area contributed by atoms with Gasteiger partial charge in [0.2, 0.25) is 0 Å². The van der Waals surface area contributed by atoms with Crippen molar-refractivity contribution < 1.29 is 27.9 Å². The smallest absolute Gasteiger partial charge is 0.337 e. The third kappa shape index (κ3) is 4.56. The molecule has 2 atom stereocenters. The number of furan rings is 1. The quantitative estimate of drug-likeness (QED) is 0.461. The lowest BCUT2D eigenvalue weighted by Crippen LogP contribution is -2.36. The Morgan fingerprint density at radius 2 is 1.92 bits per heavy atom. The summed E-state index contributed by atoms with van der Waals surface area (Å²) in [5.74, 6) is -0.494. The van der Waals surface area contributed by atoms with E-state index in [0.717, 1.165) is 17.0 Å². The monoisotopic (exact) mass is 487 g/mol. The molecule has 0 unspecified atom stereocenters. The molecule has 0 saturated carbocycles. The van der Waals surface area contributed by atoms with Gasteiger partial charge in [0.25, 0.3) is 0 Å². The van der Waals surface area contributed by atoms with Gasteiger partial charge in [-0.1, -0.05) is 24.3 Å². The number of ether oxygens (including phenoxy) is 2. The lowest BCUT2D eigenvalue weighted by Gasteiger charge is -2.36. The summed E-state index contributed by atoms with van der Waals surface area (Å²) in [6.07, 6.45) is 2.38. The number of nitrogens with one attached hydrogen (secondary N) is 1. The molecular weight excluding hydrogens is 461 g/mol. The van der Waals surface area contributed by atoms with Gasteiger partial charge in [0.1, 0.15) is 23.9 Å². The SMILES string of the molecule is COc1ccc(COC(=O)C2=C(C)NC3=C(C(=O)C[C@H](c4ccco4)C3)[C@@H]2c2cccc(F)c2)cc1. The molecule has 0 amide bonds. The van der Waals surface area contributed by atoms with Gasteiger partial charge >= 0.3 is 5.97 Å². The van der Waals surface area contributed by atoms with E-state index in [0.29, 0.717) is 34.6 Å². The maximum atomic E-state index is 14.3. The normalized spacial score (nSPS) is 19.6. The van der Waals surface area contributed by atoms with Crippen LogP contribution in [0, 0.1) is 5.82 Å². The van der Waals surface area contributed by atoms with Gasteiger partial charge in [-0.3, -0.25) is 4.79 Å². The number of allylic oxidation sites excluding steroid dienone is 3. The largest absolute Gasteiger partial charge is 0.497 e. The highest BCUT2D eigenvalue weighted by atomic mass is 19.1. The number of carbonyl (C=O) groups is 2. The van der Waals surface area contributed by atoms with Crippen molar-refractivity contribution in [1.82, 2.24) is 5.32 Å². The predicted octanol–water partition coefficient (Wildman–Crippen LogP) is 5.53. The van der Waals surface area contributed by atoms with Crippen LogP contribution in [0.2, 0.25) is 0 Å². The summed E-state index contributed by atoms with van der Waals surface area (Å²) in [6, 6.07) is 16.9. The minimum atomic E-state index is -0.731. The highest BCUT2D eigenvalue weighted by Crippen LogP contribution is 2.45. The van der Waals surface area contributed by atoms with Crippen molar-refractivity contribution in [2.45, 2.75) is 38.2 Å². The summed E-state index contributed by atoms with van der Waals surface area (Å²) in [6.45, 7) is 1.83. The van der Waals surface area contributed by atoms with Crippen molar-refractivity contribution in [3.05, 3.63) is 112 Å². The number of halogens is 1. The van der Waals surface area contributed by atoms with Crippen LogP contribution in [0.3, 0.4) is 0 Å². The van der Waals surface area contributed by atoms with Gasteiger partial charge in [-0.15, -0.1) is 0 Å². The van der Waals surface area contributed by atoms with Gasteiger partial charge in [-0.25, -0.2) is 9.18 Å². The minimum Gasteiger partial charge on any atom is -0.497 e. The zero-order valence-corrected chi connectivity index (χ0v) is 20.0. The maximum absolute atomic E-state index is 14.3. The number of hydrogen-bond donors (Lipinski definition) is 1. The van der Waals surface area contributed by atoms with Crippen molar-refractivity contribution in [2.75, 3.05) is 7.11 Å². The maximum Gasteiger partial charge on any atom is 0.337 e. The highest BCUT2D eigenvalue weighted by molar-refractivity contribution is 6.04. The number of ketones is 1.